The minimum absolute atomic E-state index is 0.0228. The van der Waals surface area contributed by atoms with Crippen LogP contribution >= 0.6 is 0 Å². The van der Waals surface area contributed by atoms with Crippen molar-refractivity contribution in [3.05, 3.63) is 60.2 Å². The first-order chi connectivity index (χ1) is 12.1. The van der Waals surface area contributed by atoms with Crippen molar-refractivity contribution in [3.63, 3.8) is 0 Å². The molecule has 0 unspecified atom stereocenters. The summed E-state index contributed by atoms with van der Waals surface area (Å²) >= 11 is 0. The maximum absolute atomic E-state index is 11.2. The van der Waals surface area contributed by atoms with Crippen LogP contribution < -0.4 is 15.8 Å². The van der Waals surface area contributed by atoms with Crippen LogP contribution in [0.25, 0.3) is 21.9 Å². The Labute approximate surface area is 147 Å². The number of nitrogens with two attached hydrogens (primary N) is 1. The van der Waals surface area contributed by atoms with Gasteiger partial charge in [-0.25, -0.2) is 0 Å². The highest BCUT2D eigenvalue weighted by molar-refractivity contribution is 5.93. The largest absolute Gasteiger partial charge is 0.497 e. The zero-order chi connectivity index (χ0) is 17.8. The van der Waals surface area contributed by atoms with Gasteiger partial charge in [-0.3, -0.25) is 4.79 Å². The van der Waals surface area contributed by atoms with Gasteiger partial charge in [0.1, 0.15) is 5.75 Å². The molecule has 4 heteroatoms. The number of hydrogen-bond acceptors (Lipinski definition) is 3. The highest BCUT2D eigenvalue weighted by Gasteiger charge is 2.09. The third-order valence-electron chi connectivity index (χ3n) is 4.29. The van der Waals surface area contributed by atoms with Crippen LogP contribution in [0, 0.1) is 0 Å². The zero-order valence-corrected chi connectivity index (χ0v) is 14.5. The lowest BCUT2D eigenvalue weighted by molar-refractivity contribution is -0.118. The van der Waals surface area contributed by atoms with Gasteiger partial charge >= 0.3 is 0 Å². The molecule has 0 aliphatic carbocycles. The molecule has 0 saturated heterocycles. The van der Waals surface area contributed by atoms with Crippen LogP contribution in [0.4, 0.5) is 5.69 Å². The van der Waals surface area contributed by atoms with E-state index < -0.39 is 0 Å². The predicted octanol–water partition coefficient (Wildman–Crippen LogP) is 3.78. The second kappa shape index (κ2) is 7.26. The third-order valence-corrected chi connectivity index (χ3v) is 4.29. The number of rotatable bonds is 5. The van der Waals surface area contributed by atoms with Gasteiger partial charge in [0.2, 0.25) is 5.91 Å². The molecular formula is C21H22N2O2. The van der Waals surface area contributed by atoms with E-state index >= 15 is 0 Å². The van der Waals surface area contributed by atoms with Crippen molar-refractivity contribution >= 4 is 22.4 Å². The average Bonchev–Trinajstić information content (AvgIpc) is 2.61. The van der Waals surface area contributed by atoms with Crippen LogP contribution in [0.15, 0.2) is 54.6 Å². The fourth-order valence-corrected chi connectivity index (χ4v) is 3.04. The molecule has 0 saturated carbocycles. The van der Waals surface area contributed by atoms with Crippen LogP contribution in [-0.2, 0) is 11.2 Å². The van der Waals surface area contributed by atoms with Gasteiger partial charge in [-0.15, -0.1) is 0 Å². The van der Waals surface area contributed by atoms with Gasteiger partial charge in [0.25, 0.3) is 0 Å². The predicted molar refractivity (Wildman–Crippen MR) is 103 cm³/mol. The molecule has 128 valence electrons. The van der Waals surface area contributed by atoms with Crippen LogP contribution in [0.5, 0.6) is 5.75 Å². The van der Waals surface area contributed by atoms with Gasteiger partial charge in [0, 0.05) is 24.7 Å². The van der Waals surface area contributed by atoms with Gasteiger partial charge in [0.05, 0.1) is 7.11 Å². The number of benzene rings is 3. The molecule has 0 bridgehead atoms. The number of fused-ring (bicyclic) bond motifs is 1. The summed E-state index contributed by atoms with van der Waals surface area (Å²) in [6.45, 7) is 2.12. The minimum Gasteiger partial charge on any atom is -0.497 e. The number of hydrogen-bond donors (Lipinski definition) is 2. The number of carbonyl (C=O) groups excluding carboxylic acids is 1. The number of para-hydroxylation sites is 1. The fourth-order valence-electron chi connectivity index (χ4n) is 3.04. The molecule has 0 aliphatic heterocycles. The van der Waals surface area contributed by atoms with Crippen molar-refractivity contribution in [2.45, 2.75) is 13.3 Å². The van der Waals surface area contributed by atoms with Crippen LogP contribution in [0.2, 0.25) is 0 Å². The number of amides is 1. The standard InChI is InChI=1S/C21H22N2O2/c1-14(24)23-10-9-16-12-17(19-5-3-4-6-21(19)22)11-15-7-8-18(25-2)13-20(15)16/h3-8,11-13H,9-10,22H2,1-2H3,(H,23,24). The Hall–Kier alpha value is -3.01. The molecular weight excluding hydrogens is 312 g/mol. The van der Waals surface area contributed by atoms with E-state index in [0.29, 0.717) is 6.54 Å². The lowest BCUT2D eigenvalue weighted by Crippen LogP contribution is -2.22. The maximum atomic E-state index is 11.2. The number of ether oxygens (including phenoxy) is 1. The molecule has 0 aliphatic rings. The zero-order valence-electron chi connectivity index (χ0n) is 14.5. The Morgan fingerprint density at radius 3 is 2.64 bits per heavy atom. The molecule has 0 fully saturated rings. The summed E-state index contributed by atoms with van der Waals surface area (Å²) in [5.41, 5.74) is 10.2. The summed E-state index contributed by atoms with van der Waals surface area (Å²) in [5.74, 6) is 0.797. The summed E-state index contributed by atoms with van der Waals surface area (Å²) < 4.78 is 5.36. The maximum Gasteiger partial charge on any atom is 0.216 e. The molecule has 0 atom stereocenters. The Balaban J connectivity index is 2.10. The molecule has 3 aromatic rings. The van der Waals surface area contributed by atoms with E-state index in [9.17, 15) is 4.79 Å². The number of anilines is 1. The summed E-state index contributed by atoms with van der Waals surface area (Å²) in [5, 5.41) is 5.12. The van der Waals surface area contributed by atoms with Crippen molar-refractivity contribution in [2.75, 3.05) is 19.4 Å². The highest BCUT2D eigenvalue weighted by Crippen LogP contribution is 2.32. The van der Waals surface area contributed by atoms with E-state index in [2.05, 4.69) is 23.5 Å². The van der Waals surface area contributed by atoms with Gasteiger partial charge in [0.15, 0.2) is 0 Å². The summed E-state index contributed by atoms with van der Waals surface area (Å²) in [7, 11) is 1.66. The van der Waals surface area contributed by atoms with Crippen molar-refractivity contribution in [1.29, 1.82) is 0 Å². The molecule has 0 aromatic heterocycles. The van der Waals surface area contributed by atoms with Gasteiger partial charge in [-0.1, -0.05) is 30.3 Å². The molecule has 1 amide bonds. The van der Waals surface area contributed by atoms with Crippen molar-refractivity contribution in [3.8, 4) is 16.9 Å². The van der Waals surface area contributed by atoms with Gasteiger partial charge < -0.3 is 15.8 Å². The average molecular weight is 334 g/mol. The van der Waals surface area contributed by atoms with Gasteiger partial charge in [-0.2, -0.15) is 0 Å². The second-order valence-corrected chi connectivity index (χ2v) is 6.04. The molecule has 0 heterocycles. The van der Waals surface area contributed by atoms with E-state index in [-0.39, 0.29) is 5.91 Å². The Bertz CT molecular complexity index is 919. The fraction of sp³-hybridized carbons (Fsp3) is 0.190. The first-order valence-electron chi connectivity index (χ1n) is 8.28. The van der Waals surface area contributed by atoms with Crippen molar-refractivity contribution in [1.82, 2.24) is 5.32 Å². The number of nitrogens with one attached hydrogen (secondary N) is 1. The molecule has 25 heavy (non-hydrogen) atoms. The first kappa shape index (κ1) is 16.8. The van der Waals surface area contributed by atoms with Crippen LogP contribution in [-0.4, -0.2) is 19.6 Å². The number of nitrogen functional groups attached to an aromatic ring is 1. The number of methoxy groups -OCH3 is 1. The molecule has 3 aromatic carbocycles. The van der Waals surface area contributed by atoms with Crippen LogP contribution in [0.1, 0.15) is 12.5 Å². The van der Waals surface area contributed by atoms with E-state index in [1.54, 1.807) is 7.11 Å². The highest BCUT2D eigenvalue weighted by atomic mass is 16.5. The molecule has 0 radical (unpaired) electrons. The van der Waals surface area contributed by atoms with E-state index in [1.807, 2.05) is 36.4 Å². The summed E-state index contributed by atoms with van der Waals surface area (Å²) in [6.07, 6.45) is 0.740. The summed E-state index contributed by atoms with van der Waals surface area (Å²) in [6, 6.07) is 18.2. The lowest BCUT2D eigenvalue weighted by Gasteiger charge is -2.13. The molecule has 0 spiro atoms. The molecule has 4 nitrogen and oxygen atoms in total. The SMILES string of the molecule is COc1ccc2cc(-c3ccccc3N)cc(CCNC(C)=O)c2c1. The van der Waals surface area contributed by atoms with E-state index in [4.69, 9.17) is 10.5 Å². The third kappa shape index (κ3) is 3.74. The van der Waals surface area contributed by atoms with Crippen molar-refractivity contribution in [2.24, 2.45) is 0 Å². The quantitative estimate of drug-likeness (QED) is 0.698. The van der Waals surface area contributed by atoms with Gasteiger partial charge in [-0.05, 0) is 52.6 Å². The van der Waals surface area contributed by atoms with Crippen LogP contribution in [0.3, 0.4) is 0 Å². The Kier molecular flexibility index (Phi) is 4.89. The molecule has 3 rings (SSSR count). The van der Waals surface area contributed by atoms with E-state index in [0.717, 1.165) is 45.3 Å². The first-order valence-corrected chi connectivity index (χ1v) is 8.28. The van der Waals surface area contributed by atoms with Crippen molar-refractivity contribution < 1.29 is 9.53 Å². The normalized spacial score (nSPS) is 10.6. The van der Waals surface area contributed by atoms with E-state index in [1.165, 1.54) is 6.92 Å². The smallest absolute Gasteiger partial charge is 0.216 e. The Morgan fingerprint density at radius 1 is 1.12 bits per heavy atom. The molecule has 3 N–H and O–H groups in total. The second-order valence-electron chi connectivity index (χ2n) is 6.04. The minimum atomic E-state index is -0.0228. The lowest BCUT2D eigenvalue weighted by atomic mass is 9.94. The monoisotopic (exact) mass is 334 g/mol. The summed E-state index contributed by atoms with van der Waals surface area (Å²) in [4.78, 5) is 11.2. The number of carbonyl (C=O) groups is 1. The topological polar surface area (TPSA) is 64.3 Å². The Morgan fingerprint density at radius 2 is 1.92 bits per heavy atom.